The standard InChI is InChI=1S/C12H17O3P/c1-8(2)14-10-6-5-7-11(16-13)12(10)15-9(3)4/h5-9H,1-4H3. The normalized spacial score (nSPS) is 11.1. The van der Waals surface area contributed by atoms with Crippen molar-refractivity contribution in [3.8, 4) is 11.5 Å². The minimum absolute atomic E-state index is 0.0254. The molecule has 0 unspecified atom stereocenters. The van der Waals surface area contributed by atoms with E-state index < -0.39 is 0 Å². The number of rotatable bonds is 5. The van der Waals surface area contributed by atoms with Crippen LogP contribution in [0.15, 0.2) is 18.2 Å². The van der Waals surface area contributed by atoms with Crippen molar-refractivity contribution in [3.05, 3.63) is 18.2 Å². The van der Waals surface area contributed by atoms with E-state index in [0.717, 1.165) is 0 Å². The molecular weight excluding hydrogens is 223 g/mol. The van der Waals surface area contributed by atoms with Gasteiger partial charge in [-0.15, -0.1) is 0 Å². The molecule has 0 heterocycles. The molecule has 0 aliphatic rings. The van der Waals surface area contributed by atoms with Gasteiger partial charge in [0.15, 0.2) is 20.0 Å². The van der Waals surface area contributed by atoms with Crippen LogP contribution in [-0.2, 0) is 4.57 Å². The molecule has 1 aromatic carbocycles. The molecular formula is C12H17O3P. The van der Waals surface area contributed by atoms with Crippen LogP contribution in [0.1, 0.15) is 27.7 Å². The zero-order valence-electron chi connectivity index (χ0n) is 10.1. The van der Waals surface area contributed by atoms with E-state index in [2.05, 4.69) is 0 Å². The summed E-state index contributed by atoms with van der Waals surface area (Å²) in [6, 6.07) is 5.40. The lowest BCUT2D eigenvalue weighted by Crippen LogP contribution is -2.14. The smallest absolute Gasteiger partial charge is 0.196 e. The fourth-order valence-electron chi connectivity index (χ4n) is 1.28. The third kappa shape index (κ3) is 3.49. The largest absolute Gasteiger partial charge is 0.487 e. The number of hydrogen-bond acceptors (Lipinski definition) is 3. The van der Waals surface area contributed by atoms with Gasteiger partial charge in [0.2, 0.25) is 0 Å². The summed E-state index contributed by atoms with van der Waals surface area (Å²) in [5.74, 6) is 1.22. The summed E-state index contributed by atoms with van der Waals surface area (Å²) in [6.07, 6.45) is 0.0884. The Labute approximate surface area is 98.0 Å². The summed E-state index contributed by atoms with van der Waals surface area (Å²) < 4.78 is 22.3. The van der Waals surface area contributed by atoms with E-state index in [1.165, 1.54) is 0 Å². The average molecular weight is 240 g/mol. The maximum Gasteiger partial charge on any atom is 0.196 e. The molecule has 3 nitrogen and oxygen atoms in total. The lowest BCUT2D eigenvalue weighted by molar-refractivity contribution is 0.200. The molecule has 88 valence electrons. The SMILES string of the molecule is CC(C)Oc1cccc(P=O)c1OC(C)C. The molecule has 16 heavy (non-hydrogen) atoms. The molecule has 0 radical (unpaired) electrons. The van der Waals surface area contributed by atoms with Gasteiger partial charge in [-0.1, -0.05) is 6.07 Å². The van der Waals surface area contributed by atoms with Crippen LogP contribution < -0.4 is 14.8 Å². The van der Waals surface area contributed by atoms with Crippen molar-refractivity contribution in [1.29, 1.82) is 0 Å². The summed E-state index contributed by atoms with van der Waals surface area (Å²) in [7, 11) is -0.0550. The van der Waals surface area contributed by atoms with Crippen LogP contribution in [-0.4, -0.2) is 12.2 Å². The van der Waals surface area contributed by atoms with Crippen molar-refractivity contribution in [2.45, 2.75) is 39.9 Å². The van der Waals surface area contributed by atoms with Crippen molar-refractivity contribution in [2.75, 3.05) is 0 Å². The molecule has 0 aliphatic heterocycles. The summed E-state index contributed by atoms with van der Waals surface area (Å²) in [6.45, 7) is 7.75. The Bertz CT molecular complexity index is 361. The number of para-hydroxylation sites is 1. The van der Waals surface area contributed by atoms with Gasteiger partial charge >= 0.3 is 0 Å². The zero-order chi connectivity index (χ0) is 12.1. The second-order valence-corrected chi connectivity index (χ2v) is 4.69. The maximum absolute atomic E-state index is 11.0. The van der Waals surface area contributed by atoms with E-state index in [1.54, 1.807) is 6.07 Å². The Hall–Kier alpha value is -1.08. The Kier molecular flexibility index (Phi) is 4.75. The van der Waals surface area contributed by atoms with E-state index in [1.807, 2.05) is 39.8 Å². The summed E-state index contributed by atoms with van der Waals surface area (Å²) in [5.41, 5.74) is 0. The van der Waals surface area contributed by atoms with Gasteiger partial charge in [0.1, 0.15) is 0 Å². The van der Waals surface area contributed by atoms with Crippen LogP contribution in [0.5, 0.6) is 11.5 Å². The van der Waals surface area contributed by atoms with Gasteiger partial charge in [0.05, 0.1) is 17.5 Å². The first-order valence-electron chi connectivity index (χ1n) is 5.34. The van der Waals surface area contributed by atoms with Crippen LogP contribution in [0.3, 0.4) is 0 Å². The summed E-state index contributed by atoms with van der Waals surface area (Å²) in [5, 5.41) is 0.617. The molecule has 0 saturated heterocycles. The summed E-state index contributed by atoms with van der Waals surface area (Å²) in [4.78, 5) is 0. The lowest BCUT2D eigenvalue weighted by Gasteiger charge is -2.17. The fourth-order valence-corrected chi connectivity index (χ4v) is 1.67. The predicted molar refractivity (Wildman–Crippen MR) is 65.2 cm³/mol. The highest BCUT2D eigenvalue weighted by atomic mass is 31.1. The Morgan fingerprint density at radius 1 is 1.06 bits per heavy atom. The van der Waals surface area contributed by atoms with Crippen molar-refractivity contribution >= 4 is 13.8 Å². The highest BCUT2D eigenvalue weighted by Gasteiger charge is 2.13. The number of ether oxygens (including phenoxy) is 2. The van der Waals surface area contributed by atoms with E-state index in [4.69, 9.17) is 9.47 Å². The number of hydrogen-bond donors (Lipinski definition) is 0. The third-order valence-corrected chi connectivity index (χ3v) is 2.32. The molecule has 0 fully saturated rings. The minimum atomic E-state index is -0.0550. The molecule has 0 spiro atoms. The lowest BCUT2D eigenvalue weighted by atomic mass is 10.3. The molecule has 0 aliphatic carbocycles. The van der Waals surface area contributed by atoms with Gasteiger partial charge in [-0.2, -0.15) is 0 Å². The van der Waals surface area contributed by atoms with E-state index in [0.29, 0.717) is 16.8 Å². The first kappa shape index (κ1) is 13.0. The van der Waals surface area contributed by atoms with Crippen molar-refractivity contribution in [2.24, 2.45) is 0 Å². The van der Waals surface area contributed by atoms with Gasteiger partial charge in [0, 0.05) is 0 Å². The van der Waals surface area contributed by atoms with E-state index in [-0.39, 0.29) is 20.7 Å². The quantitative estimate of drug-likeness (QED) is 0.741. The molecule has 0 N–H and O–H groups in total. The van der Waals surface area contributed by atoms with Crippen molar-refractivity contribution in [3.63, 3.8) is 0 Å². The molecule has 0 saturated carbocycles. The molecule has 1 aromatic rings. The monoisotopic (exact) mass is 240 g/mol. The Balaban J connectivity index is 3.09. The fraction of sp³-hybridized carbons (Fsp3) is 0.500. The van der Waals surface area contributed by atoms with Gasteiger partial charge in [-0.05, 0) is 39.8 Å². The van der Waals surface area contributed by atoms with Crippen LogP contribution in [0.4, 0.5) is 0 Å². The van der Waals surface area contributed by atoms with Gasteiger partial charge in [-0.3, -0.25) is 4.57 Å². The molecule has 4 heteroatoms. The minimum Gasteiger partial charge on any atom is -0.487 e. The van der Waals surface area contributed by atoms with Crippen molar-refractivity contribution in [1.82, 2.24) is 0 Å². The van der Waals surface area contributed by atoms with Gasteiger partial charge in [0.25, 0.3) is 0 Å². The third-order valence-electron chi connectivity index (χ3n) is 1.77. The van der Waals surface area contributed by atoms with E-state index >= 15 is 0 Å². The topological polar surface area (TPSA) is 35.5 Å². The first-order valence-corrected chi connectivity index (χ1v) is 6.15. The van der Waals surface area contributed by atoms with Crippen LogP contribution in [0, 0.1) is 0 Å². The molecule has 1 rings (SSSR count). The second kappa shape index (κ2) is 5.86. The molecule has 0 bridgehead atoms. The van der Waals surface area contributed by atoms with Crippen molar-refractivity contribution < 1.29 is 14.0 Å². The van der Waals surface area contributed by atoms with Crippen LogP contribution >= 0.6 is 8.46 Å². The van der Waals surface area contributed by atoms with Gasteiger partial charge < -0.3 is 9.47 Å². The molecule has 0 aromatic heterocycles. The number of benzene rings is 1. The maximum atomic E-state index is 11.0. The summed E-state index contributed by atoms with van der Waals surface area (Å²) >= 11 is 0. The van der Waals surface area contributed by atoms with Crippen LogP contribution in [0.25, 0.3) is 0 Å². The average Bonchev–Trinajstić information content (AvgIpc) is 2.19. The van der Waals surface area contributed by atoms with Gasteiger partial charge in [-0.25, -0.2) is 0 Å². The Morgan fingerprint density at radius 3 is 2.19 bits per heavy atom. The highest BCUT2D eigenvalue weighted by Crippen LogP contribution is 2.29. The van der Waals surface area contributed by atoms with Crippen LogP contribution in [0.2, 0.25) is 0 Å². The zero-order valence-corrected chi connectivity index (χ0v) is 11.0. The molecule has 0 amide bonds. The highest BCUT2D eigenvalue weighted by molar-refractivity contribution is 7.34. The first-order chi connectivity index (χ1) is 7.54. The Morgan fingerprint density at radius 2 is 1.69 bits per heavy atom. The molecule has 0 atom stereocenters. The van der Waals surface area contributed by atoms with E-state index in [9.17, 15) is 4.57 Å². The predicted octanol–water partition coefficient (Wildman–Crippen LogP) is 3.18. The second-order valence-electron chi connectivity index (χ2n) is 4.03.